The zero-order valence-corrected chi connectivity index (χ0v) is 13.9. The first-order valence-electron chi connectivity index (χ1n) is 7.65. The molecule has 0 aliphatic carbocycles. The van der Waals surface area contributed by atoms with Crippen LogP contribution in [-0.4, -0.2) is 30.6 Å². The van der Waals surface area contributed by atoms with Crippen LogP contribution in [0.25, 0.3) is 0 Å². The Morgan fingerprint density at radius 1 is 1.16 bits per heavy atom. The minimum absolute atomic E-state index is 0.00201. The molecule has 0 bridgehead atoms. The molecule has 0 radical (unpaired) electrons. The molecule has 8 heteroatoms. The summed E-state index contributed by atoms with van der Waals surface area (Å²) < 4.78 is 11.0. The molecule has 2 aromatic carbocycles. The SMILES string of the molecule is O=C(NCCc1ccc2c(c1)OCCO2)c1ccc(Cl)c([N+](=O)[O-])c1. The highest BCUT2D eigenvalue weighted by Crippen LogP contribution is 2.30. The predicted molar refractivity (Wildman–Crippen MR) is 91.6 cm³/mol. The summed E-state index contributed by atoms with van der Waals surface area (Å²) in [6.07, 6.45) is 0.595. The number of ether oxygens (including phenoxy) is 2. The highest BCUT2D eigenvalue weighted by Gasteiger charge is 2.16. The minimum atomic E-state index is -0.617. The summed E-state index contributed by atoms with van der Waals surface area (Å²) in [6.45, 7) is 1.44. The van der Waals surface area contributed by atoms with Gasteiger partial charge in [0.1, 0.15) is 18.2 Å². The summed E-state index contributed by atoms with van der Waals surface area (Å²) in [6, 6.07) is 9.60. The van der Waals surface area contributed by atoms with E-state index in [2.05, 4.69) is 5.32 Å². The molecule has 1 aliphatic heterocycles. The van der Waals surface area contributed by atoms with Crippen molar-refractivity contribution in [1.29, 1.82) is 0 Å². The molecule has 1 N–H and O–H groups in total. The van der Waals surface area contributed by atoms with Gasteiger partial charge in [0.15, 0.2) is 11.5 Å². The van der Waals surface area contributed by atoms with E-state index in [-0.39, 0.29) is 16.3 Å². The summed E-state index contributed by atoms with van der Waals surface area (Å²) in [4.78, 5) is 22.4. The molecule has 0 saturated heterocycles. The Morgan fingerprint density at radius 2 is 1.92 bits per heavy atom. The third-order valence-electron chi connectivity index (χ3n) is 3.71. The van der Waals surface area contributed by atoms with Crippen LogP contribution in [0.4, 0.5) is 5.69 Å². The van der Waals surface area contributed by atoms with Crippen molar-refractivity contribution >= 4 is 23.2 Å². The van der Waals surface area contributed by atoms with E-state index in [1.165, 1.54) is 18.2 Å². The van der Waals surface area contributed by atoms with Gasteiger partial charge in [-0.25, -0.2) is 0 Å². The molecular weight excluding hydrogens is 348 g/mol. The average molecular weight is 363 g/mol. The van der Waals surface area contributed by atoms with Crippen LogP contribution in [-0.2, 0) is 6.42 Å². The third kappa shape index (κ3) is 4.00. The van der Waals surface area contributed by atoms with E-state index < -0.39 is 10.8 Å². The van der Waals surface area contributed by atoms with Crippen LogP contribution < -0.4 is 14.8 Å². The van der Waals surface area contributed by atoms with Crippen LogP contribution in [0.1, 0.15) is 15.9 Å². The quantitative estimate of drug-likeness (QED) is 0.652. The topological polar surface area (TPSA) is 90.7 Å². The van der Waals surface area contributed by atoms with E-state index >= 15 is 0 Å². The van der Waals surface area contributed by atoms with Gasteiger partial charge in [-0.15, -0.1) is 0 Å². The van der Waals surface area contributed by atoms with Crippen molar-refractivity contribution in [3.05, 3.63) is 62.7 Å². The highest BCUT2D eigenvalue weighted by atomic mass is 35.5. The van der Waals surface area contributed by atoms with Crippen LogP contribution in [0.5, 0.6) is 11.5 Å². The van der Waals surface area contributed by atoms with Gasteiger partial charge in [0.05, 0.1) is 4.92 Å². The number of nitro groups is 1. The maximum atomic E-state index is 12.1. The Morgan fingerprint density at radius 3 is 2.68 bits per heavy atom. The first-order chi connectivity index (χ1) is 12.0. The van der Waals surface area contributed by atoms with Crippen LogP contribution in [0.3, 0.4) is 0 Å². The average Bonchev–Trinajstić information content (AvgIpc) is 2.61. The second-order valence-corrected chi connectivity index (χ2v) is 5.81. The molecule has 1 amide bonds. The number of benzene rings is 2. The predicted octanol–water partition coefficient (Wildman–Crippen LogP) is 2.99. The number of amides is 1. The van der Waals surface area contributed by atoms with E-state index in [4.69, 9.17) is 21.1 Å². The molecule has 1 aliphatic rings. The lowest BCUT2D eigenvalue weighted by atomic mass is 10.1. The molecule has 25 heavy (non-hydrogen) atoms. The fraction of sp³-hybridized carbons (Fsp3) is 0.235. The van der Waals surface area contributed by atoms with Crippen molar-refractivity contribution < 1.29 is 19.2 Å². The van der Waals surface area contributed by atoms with Crippen molar-refractivity contribution in [2.45, 2.75) is 6.42 Å². The van der Waals surface area contributed by atoms with E-state index in [1.807, 2.05) is 18.2 Å². The Kier molecular flexibility index (Phi) is 5.04. The molecule has 2 aromatic rings. The van der Waals surface area contributed by atoms with Crippen LogP contribution in [0.15, 0.2) is 36.4 Å². The summed E-state index contributed by atoms with van der Waals surface area (Å²) >= 11 is 5.74. The zero-order valence-electron chi connectivity index (χ0n) is 13.2. The van der Waals surface area contributed by atoms with E-state index in [1.54, 1.807) is 0 Å². The number of nitrogens with zero attached hydrogens (tertiary/aromatic N) is 1. The van der Waals surface area contributed by atoms with Gasteiger partial charge < -0.3 is 14.8 Å². The first-order valence-corrected chi connectivity index (χ1v) is 8.03. The Hall–Kier alpha value is -2.80. The second-order valence-electron chi connectivity index (χ2n) is 5.41. The number of carbonyl (C=O) groups excluding carboxylic acids is 1. The molecule has 0 spiro atoms. The Balaban J connectivity index is 1.59. The van der Waals surface area contributed by atoms with Crippen molar-refractivity contribution in [3.8, 4) is 11.5 Å². The fourth-order valence-electron chi connectivity index (χ4n) is 2.46. The first kappa shape index (κ1) is 17.0. The van der Waals surface area contributed by atoms with Gasteiger partial charge in [-0.05, 0) is 36.2 Å². The lowest BCUT2D eigenvalue weighted by molar-refractivity contribution is -0.384. The summed E-state index contributed by atoms with van der Waals surface area (Å²) in [5, 5.41) is 13.6. The van der Waals surface area contributed by atoms with Gasteiger partial charge in [0.25, 0.3) is 11.6 Å². The maximum absolute atomic E-state index is 12.1. The van der Waals surface area contributed by atoms with Gasteiger partial charge in [0.2, 0.25) is 0 Å². The number of hydrogen-bond acceptors (Lipinski definition) is 5. The highest BCUT2D eigenvalue weighted by molar-refractivity contribution is 6.32. The lowest BCUT2D eigenvalue weighted by Gasteiger charge is -2.18. The van der Waals surface area contributed by atoms with E-state index in [9.17, 15) is 14.9 Å². The van der Waals surface area contributed by atoms with Gasteiger partial charge in [-0.1, -0.05) is 17.7 Å². The number of halogens is 1. The molecular formula is C17H15ClN2O5. The Labute approximate surface area is 148 Å². The monoisotopic (exact) mass is 362 g/mol. The molecule has 0 fully saturated rings. The summed E-state index contributed by atoms with van der Waals surface area (Å²) in [7, 11) is 0. The van der Waals surface area contributed by atoms with Gasteiger partial charge in [-0.3, -0.25) is 14.9 Å². The number of hydrogen-bond donors (Lipinski definition) is 1. The molecule has 7 nitrogen and oxygen atoms in total. The number of rotatable bonds is 5. The number of nitro benzene ring substituents is 1. The zero-order chi connectivity index (χ0) is 17.8. The van der Waals surface area contributed by atoms with Crippen LogP contribution >= 0.6 is 11.6 Å². The van der Waals surface area contributed by atoms with Crippen LogP contribution in [0, 0.1) is 10.1 Å². The van der Waals surface area contributed by atoms with Crippen molar-refractivity contribution in [2.75, 3.05) is 19.8 Å². The van der Waals surface area contributed by atoms with Crippen LogP contribution in [0.2, 0.25) is 5.02 Å². The Bertz CT molecular complexity index is 825. The molecule has 0 unspecified atom stereocenters. The maximum Gasteiger partial charge on any atom is 0.288 e. The number of fused-ring (bicyclic) bond motifs is 1. The molecule has 0 saturated carbocycles. The largest absolute Gasteiger partial charge is 0.486 e. The fourth-order valence-corrected chi connectivity index (χ4v) is 2.65. The third-order valence-corrected chi connectivity index (χ3v) is 4.03. The lowest BCUT2D eigenvalue weighted by Crippen LogP contribution is -2.25. The van der Waals surface area contributed by atoms with Gasteiger partial charge >= 0.3 is 0 Å². The van der Waals surface area contributed by atoms with Crippen molar-refractivity contribution in [1.82, 2.24) is 5.32 Å². The normalized spacial score (nSPS) is 12.5. The summed E-state index contributed by atoms with van der Waals surface area (Å²) in [5.74, 6) is 1.02. The molecule has 0 atom stereocenters. The molecule has 1 heterocycles. The smallest absolute Gasteiger partial charge is 0.288 e. The second kappa shape index (κ2) is 7.40. The molecule has 130 valence electrons. The number of carbonyl (C=O) groups is 1. The molecule has 3 rings (SSSR count). The van der Waals surface area contributed by atoms with Crippen molar-refractivity contribution in [2.24, 2.45) is 0 Å². The summed E-state index contributed by atoms with van der Waals surface area (Å²) in [5.41, 5.74) is 0.895. The molecule has 0 aromatic heterocycles. The number of nitrogens with one attached hydrogen (secondary N) is 1. The minimum Gasteiger partial charge on any atom is -0.486 e. The van der Waals surface area contributed by atoms with E-state index in [0.717, 1.165) is 5.56 Å². The van der Waals surface area contributed by atoms with Gasteiger partial charge in [0, 0.05) is 18.2 Å². The van der Waals surface area contributed by atoms with E-state index in [0.29, 0.717) is 37.7 Å². The standard InChI is InChI=1S/C17H15ClN2O5/c18-13-3-2-12(10-14(13)20(22)23)17(21)19-6-5-11-1-4-15-16(9-11)25-8-7-24-15/h1-4,9-10H,5-8H2,(H,19,21). The van der Waals surface area contributed by atoms with Gasteiger partial charge in [-0.2, -0.15) is 0 Å². The van der Waals surface area contributed by atoms with Crippen molar-refractivity contribution in [3.63, 3.8) is 0 Å².